The monoisotopic (exact) mass is 374 g/mol. The number of anilines is 1. The van der Waals surface area contributed by atoms with Gasteiger partial charge in [0.2, 0.25) is 5.91 Å². The highest BCUT2D eigenvalue weighted by Crippen LogP contribution is 2.30. The van der Waals surface area contributed by atoms with Crippen molar-refractivity contribution < 1.29 is 9.18 Å². The highest BCUT2D eigenvalue weighted by Gasteiger charge is 2.21. The number of halogens is 3. The van der Waals surface area contributed by atoms with E-state index in [0.29, 0.717) is 22.9 Å². The number of carbonyl (C=O) groups excluding carboxylic acids is 1. The van der Waals surface area contributed by atoms with Crippen LogP contribution in [0, 0.1) is 5.82 Å². The number of thiophene rings is 1. The van der Waals surface area contributed by atoms with Crippen molar-refractivity contribution in [1.82, 2.24) is 5.32 Å². The van der Waals surface area contributed by atoms with Crippen LogP contribution in [0.1, 0.15) is 28.8 Å². The molecule has 0 radical (unpaired) electrons. The van der Waals surface area contributed by atoms with Gasteiger partial charge in [-0.2, -0.15) is 0 Å². The molecule has 1 aliphatic heterocycles. The lowest BCUT2D eigenvalue weighted by atomic mass is 9.99. The number of benzene rings is 1. The second kappa shape index (κ2) is 7.62. The zero-order valence-corrected chi connectivity index (χ0v) is 14.9. The van der Waals surface area contributed by atoms with Crippen molar-refractivity contribution in [3.05, 3.63) is 50.4 Å². The van der Waals surface area contributed by atoms with E-state index in [2.05, 4.69) is 10.6 Å². The average Bonchev–Trinajstić information content (AvgIpc) is 2.96. The van der Waals surface area contributed by atoms with Crippen LogP contribution in [0.4, 0.5) is 10.1 Å². The van der Waals surface area contributed by atoms with Crippen LogP contribution in [0.3, 0.4) is 0 Å². The van der Waals surface area contributed by atoms with Crippen molar-refractivity contribution >= 4 is 46.9 Å². The fourth-order valence-electron chi connectivity index (χ4n) is 2.56. The van der Waals surface area contributed by atoms with Crippen LogP contribution in [-0.2, 0) is 17.8 Å². The van der Waals surface area contributed by atoms with E-state index in [9.17, 15) is 9.18 Å². The smallest absolute Gasteiger partial charge is 0.232 e. The fourth-order valence-corrected chi connectivity index (χ4v) is 3.67. The molecule has 1 aliphatic rings. The molecule has 0 saturated heterocycles. The lowest BCUT2D eigenvalue weighted by Gasteiger charge is -2.20. The maximum atomic E-state index is 14.5. The summed E-state index contributed by atoms with van der Waals surface area (Å²) >= 11 is 7.26. The normalized spacial score (nSPS) is 14.6. The molecule has 2 N–H and O–H groups in total. The molecular formula is C16H17Cl2FN2OS. The van der Waals surface area contributed by atoms with Crippen molar-refractivity contribution in [3.8, 4) is 0 Å². The number of rotatable bonds is 3. The summed E-state index contributed by atoms with van der Waals surface area (Å²) in [6.45, 7) is 3.22. The number of carbonyl (C=O) groups is 1. The first-order valence-electron chi connectivity index (χ1n) is 7.13. The SMILES string of the molecule is CC(C(=O)Nc1ccc2c(c1F)CCNC2)c1ccc(Cl)s1.Cl. The molecule has 2 heterocycles. The largest absolute Gasteiger partial charge is 0.323 e. The van der Waals surface area contributed by atoms with Gasteiger partial charge in [0.25, 0.3) is 0 Å². The third-order valence-electron chi connectivity index (χ3n) is 3.88. The third-order valence-corrected chi connectivity index (χ3v) is 5.29. The minimum atomic E-state index is -0.366. The summed E-state index contributed by atoms with van der Waals surface area (Å²) in [5.41, 5.74) is 1.91. The average molecular weight is 375 g/mol. The Balaban J connectivity index is 0.00000192. The van der Waals surface area contributed by atoms with Crippen LogP contribution in [0.25, 0.3) is 0 Å². The summed E-state index contributed by atoms with van der Waals surface area (Å²) in [6.07, 6.45) is 0.640. The molecule has 1 unspecified atom stereocenters. The molecule has 3 rings (SSSR count). The molecule has 23 heavy (non-hydrogen) atoms. The van der Waals surface area contributed by atoms with E-state index >= 15 is 0 Å². The molecule has 0 aliphatic carbocycles. The minimum absolute atomic E-state index is 0. The molecule has 0 bridgehead atoms. The van der Waals surface area contributed by atoms with E-state index in [1.54, 1.807) is 19.1 Å². The quantitative estimate of drug-likeness (QED) is 0.838. The van der Waals surface area contributed by atoms with Gasteiger partial charge in [-0.15, -0.1) is 23.7 Å². The topological polar surface area (TPSA) is 41.1 Å². The van der Waals surface area contributed by atoms with E-state index in [4.69, 9.17) is 11.6 Å². The van der Waals surface area contributed by atoms with Gasteiger partial charge in [0.05, 0.1) is 15.9 Å². The van der Waals surface area contributed by atoms with Crippen LogP contribution in [-0.4, -0.2) is 12.5 Å². The van der Waals surface area contributed by atoms with E-state index < -0.39 is 0 Å². The summed E-state index contributed by atoms with van der Waals surface area (Å²) in [5, 5.41) is 5.90. The molecule has 1 amide bonds. The Kier molecular flexibility index (Phi) is 6.03. The summed E-state index contributed by atoms with van der Waals surface area (Å²) < 4.78 is 15.2. The van der Waals surface area contributed by atoms with Gasteiger partial charge in [0, 0.05) is 11.4 Å². The predicted octanol–water partition coefficient (Wildman–Crippen LogP) is 4.35. The summed E-state index contributed by atoms with van der Waals surface area (Å²) in [7, 11) is 0. The molecule has 0 fully saturated rings. The molecule has 124 valence electrons. The molecule has 0 spiro atoms. The number of hydrogen-bond acceptors (Lipinski definition) is 3. The highest BCUT2D eigenvalue weighted by molar-refractivity contribution is 7.16. The maximum absolute atomic E-state index is 14.5. The molecule has 2 aromatic rings. The summed E-state index contributed by atoms with van der Waals surface area (Å²) in [5.74, 6) is -0.912. The van der Waals surface area contributed by atoms with Gasteiger partial charge in [-0.3, -0.25) is 4.79 Å². The van der Waals surface area contributed by atoms with Crippen LogP contribution in [0.2, 0.25) is 4.34 Å². The van der Waals surface area contributed by atoms with Crippen molar-refractivity contribution in [2.75, 3.05) is 11.9 Å². The van der Waals surface area contributed by atoms with Crippen molar-refractivity contribution in [1.29, 1.82) is 0 Å². The van der Waals surface area contributed by atoms with Crippen LogP contribution in [0.15, 0.2) is 24.3 Å². The van der Waals surface area contributed by atoms with Crippen molar-refractivity contribution in [2.45, 2.75) is 25.8 Å². The number of hydrogen-bond donors (Lipinski definition) is 2. The molecule has 7 heteroatoms. The molecular weight excluding hydrogens is 358 g/mol. The van der Waals surface area contributed by atoms with Gasteiger partial charge in [0.1, 0.15) is 5.82 Å². The van der Waals surface area contributed by atoms with E-state index in [1.165, 1.54) is 11.3 Å². The minimum Gasteiger partial charge on any atom is -0.323 e. The number of amides is 1. The van der Waals surface area contributed by atoms with Gasteiger partial charge in [-0.1, -0.05) is 17.7 Å². The lowest BCUT2D eigenvalue weighted by molar-refractivity contribution is -0.117. The second-order valence-electron chi connectivity index (χ2n) is 5.34. The fraction of sp³-hybridized carbons (Fsp3) is 0.312. The zero-order chi connectivity index (χ0) is 15.7. The van der Waals surface area contributed by atoms with Gasteiger partial charge < -0.3 is 10.6 Å². The Bertz CT molecular complexity index is 720. The van der Waals surface area contributed by atoms with Gasteiger partial charge >= 0.3 is 0 Å². The zero-order valence-electron chi connectivity index (χ0n) is 12.5. The first-order chi connectivity index (χ1) is 10.6. The molecule has 1 atom stereocenters. The van der Waals surface area contributed by atoms with Crippen LogP contribution in [0.5, 0.6) is 0 Å². The van der Waals surface area contributed by atoms with Crippen molar-refractivity contribution in [3.63, 3.8) is 0 Å². The highest BCUT2D eigenvalue weighted by atomic mass is 35.5. The Labute approximate surface area is 149 Å². The number of fused-ring (bicyclic) bond motifs is 1. The second-order valence-corrected chi connectivity index (χ2v) is 7.09. The van der Waals surface area contributed by atoms with Gasteiger partial charge in [0.15, 0.2) is 0 Å². The first-order valence-corrected chi connectivity index (χ1v) is 8.33. The maximum Gasteiger partial charge on any atom is 0.232 e. The lowest BCUT2D eigenvalue weighted by Crippen LogP contribution is -2.25. The molecule has 1 aromatic heterocycles. The molecule has 0 saturated carbocycles. The summed E-state index contributed by atoms with van der Waals surface area (Å²) in [6, 6.07) is 7.09. The molecule has 3 nitrogen and oxygen atoms in total. The van der Waals surface area contributed by atoms with Crippen LogP contribution < -0.4 is 10.6 Å². The van der Waals surface area contributed by atoms with Gasteiger partial charge in [-0.25, -0.2) is 4.39 Å². The van der Waals surface area contributed by atoms with E-state index in [1.807, 2.05) is 12.1 Å². The Hall–Kier alpha value is -1.14. The first kappa shape index (κ1) is 18.2. The van der Waals surface area contributed by atoms with E-state index in [0.717, 1.165) is 17.0 Å². The predicted molar refractivity (Wildman–Crippen MR) is 95.4 cm³/mol. The Morgan fingerprint density at radius 1 is 1.39 bits per heavy atom. The third kappa shape index (κ3) is 3.86. The Morgan fingerprint density at radius 2 is 2.17 bits per heavy atom. The van der Waals surface area contributed by atoms with Crippen molar-refractivity contribution in [2.24, 2.45) is 0 Å². The summed E-state index contributed by atoms with van der Waals surface area (Å²) in [4.78, 5) is 13.2. The van der Waals surface area contributed by atoms with Gasteiger partial charge in [-0.05, 0) is 49.2 Å². The van der Waals surface area contributed by atoms with E-state index in [-0.39, 0.29) is 35.7 Å². The molecule has 1 aromatic carbocycles. The number of nitrogens with one attached hydrogen (secondary N) is 2. The standard InChI is InChI=1S/C16H16ClFN2OS.ClH/c1-9(13-4-5-14(17)22-13)16(21)20-12-3-2-10-8-19-7-6-11(10)15(12)18;/h2-5,9,19H,6-8H2,1H3,(H,20,21);1H. The Morgan fingerprint density at radius 3 is 2.87 bits per heavy atom. The van der Waals surface area contributed by atoms with Crippen LogP contribution >= 0.6 is 35.3 Å².